The van der Waals surface area contributed by atoms with E-state index in [0.29, 0.717) is 31.4 Å². The van der Waals surface area contributed by atoms with Crippen LogP contribution in [0.2, 0.25) is 0 Å². The number of carbonyl (C=O) groups is 1. The zero-order valence-corrected chi connectivity index (χ0v) is 9.37. The highest BCUT2D eigenvalue weighted by molar-refractivity contribution is 5.76. The Labute approximate surface area is 99.2 Å². The van der Waals surface area contributed by atoms with Gasteiger partial charge in [0.25, 0.3) is 0 Å². The predicted molar refractivity (Wildman–Crippen MR) is 60.6 cm³/mol. The summed E-state index contributed by atoms with van der Waals surface area (Å²) in [4.78, 5) is 11.3. The first-order valence-electron chi connectivity index (χ1n) is 5.60. The van der Waals surface area contributed by atoms with Crippen LogP contribution < -0.4 is 5.32 Å². The fraction of sp³-hybridized carbons (Fsp3) is 0.385. The van der Waals surface area contributed by atoms with Gasteiger partial charge in [-0.15, -0.1) is 0 Å². The van der Waals surface area contributed by atoms with Gasteiger partial charge in [0.15, 0.2) is 0 Å². The van der Waals surface area contributed by atoms with Gasteiger partial charge in [0, 0.05) is 13.0 Å². The van der Waals surface area contributed by atoms with Gasteiger partial charge in [-0.05, 0) is 30.5 Å². The Bertz CT molecular complexity index is 481. The average Bonchev–Trinajstić information content (AvgIpc) is 2.52. The van der Waals surface area contributed by atoms with Crippen LogP contribution >= 0.6 is 0 Å². The molecule has 1 fully saturated rings. The molecule has 0 aromatic heterocycles. The molecule has 1 aliphatic heterocycles. The van der Waals surface area contributed by atoms with Gasteiger partial charge in [-0.3, -0.25) is 4.79 Å². The molecule has 1 heterocycles. The van der Waals surface area contributed by atoms with Crippen molar-refractivity contribution in [2.24, 2.45) is 0 Å². The Hall–Kier alpha value is -1.89. The van der Waals surface area contributed by atoms with Crippen LogP contribution in [-0.4, -0.2) is 12.5 Å². The van der Waals surface area contributed by atoms with Crippen LogP contribution in [0.1, 0.15) is 24.8 Å². The molecule has 4 heteroatoms. The molecule has 0 saturated carbocycles. The molecule has 1 atom stereocenters. The van der Waals surface area contributed by atoms with Gasteiger partial charge >= 0.3 is 0 Å². The second-order valence-electron chi connectivity index (χ2n) is 4.30. The van der Waals surface area contributed by atoms with Crippen molar-refractivity contribution in [1.29, 1.82) is 5.26 Å². The Morgan fingerprint density at radius 1 is 1.41 bits per heavy atom. The number of rotatable bonds is 1. The maximum Gasteiger partial charge on any atom is 0.220 e. The molecular formula is C13H13FN2O. The van der Waals surface area contributed by atoms with Crippen molar-refractivity contribution in [1.82, 2.24) is 5.32 Å². The number of hydrogen-bond donors (Lipinski definition) is 1. The van der Waals surface area contributed by atoms with Crippen molar-refractivity contribution >= 4 is 5.91 Å². The predicted octanol–water partition coefficient (Wildman–Crippen LogP) is 1.89. The zero-order chi connectivity index (χ0) is 12.3. The molecule has 0 aliphatic carbocycles. The Kier molecular flexibility index (Phi) is 3.10. The van der Waals surface area contributed by atoms with Crippen molar-refractivity contribution in [3.8, 4) is 6.07 Å². The summed E-state index contributed by atoms with van der Waals surface area (Å²) in [6, 6.07) is 8.36. The molecule has 0 bridgehead atoms. The lowest BCUT2D eigenvalue weighted by atomic mass is 9.76. The first kappa shape index (κ1) is 11.6. The second kappa shape index (κ2) is 4.54. The van der Waals surface area contributed by atoms with Crippen LogP contribution in [0.3, 0.4) is 0 Å². The lowest BCUT2D eigenvalue weighted by Gasteiger charge is -2.24. The molecule has 2 rings (SSSR count). The maximum atomic E-state index is 13.2. The summed E-state index contributed by atoms with van der Waals surface area (Å²) in [5.74, 6) is -0.390. The van der Waals surface area contributed by atoms with E-state index in [4.69, 9.17) is 0 Å². The van der Waals surface area contributed by atoms with Crippen LogP contribution in [0.5, 0.6) is 0 Å². The van der Waals surface area contributed by atoms with Crippen molar-refractivity contribution in [3.05, 3.63) is 35.6 Å². The lowest BCUT2D eigenvalue weighted by molar-refractivity contribution is -0.120. The molecule has 1 aromatic rings. The highest BCUT2D eigenvalue weighted by Crippen LogP contribution is 2.33. The second-order valence-corrected chi connectivity index (χ2v) is 4.30. The fourth-order valence-electron chi connectivity index (χ4n) is 2.21. The molecule has 0 spiro atoms. The third-order valence-electron chi connectivity index (χ3n) is 3.24. The van der Waals surface area contributed by atoms with Crippen molar-refractivity contribution in [3.63, 3.8) is 0 Å². The quantitative estimate of drug-likeness (QED) is 0.803. The topological polar surface area (TPSA) is 52.9 Å². The van der Waals surface area contributed by atoms with Gasteiger partial charge in [0.2, 0.25) is 5.91 Å². The van der Waals surface area contributed by atoms with Crippen molar-refractivity contribution < 1.29 is 9.18 Å². The average molecular weight is 232 g/mol. The minimum atomic E-state index is -0.749. The van der Waals surface area contributed by atoms with E-state index in [-0.39, 0.29) is 11.7 Å². The summed E-state index contributed by atoms with van der Waals surface area (Å²) in [5.41, 5.74) is -0.0853. The molecule has 3 nitrogen and oxygen atoms in total. The minimum Gasteiger partial charge on any atom is -0.356 e. The zero-order valence-electron chi connectivity index (χ0n) is 9.37. The molecule has 1 unspecified atom stereocenters. The van der Waals surface area contributed by atoms with E-state index < -0.39 is 5.41 Å². The summed E-state index contributed by atoms with van der Waals surface area (Å²) in [6.45, 7) is 0.461. The molecule has 1 aliphatic rings. The number of amides is 1. The summed E-state index contributed by atoms with van der Waals surface area (Å²) in [5, 5.41) is 12.1. The van der Waals surface area contributed by atoms with E-state index in [9.17, 15) is 14.4 Å². The number of benzene rings is 1. The standard InChI is InChI=1S/C13H13FN2O/c14-11-3-1-2-10(8-11)13(9-15)5-4-12(17)16-7-6-13/h1-3,8H,4-7H2,(H,16,17). The summed E-state index contributed by atoms with van der Waals surface area (Å²) in [7, 11) is 0. The summed E-state index contributed by atoms with van der Waals surface area (Å²) in [6.07, 6.45) is 1.28. The lowest BCUT2D eigenvalue weighted by Crippen LogP contribution is -2.26. The molecule has 1 aromatic carbocycles. The van der Waals surface area contributed by atoms with E-state index in [1.807, 2.05) is 0 Å². The normalized spacial score (nSPS) is 24.6. The van der Waals surface area contributed by atoms with Crippen LogP contribution in [0.15, 0.2) is 24.3 Å². The van der Waals surface area contributed by atoms with Crippen molar-refractivity contribution in [2.75, 3.05) is 6.54 Å². The smallest absolute Gasteiger partial charge is 0.220 e. The van der Waals surface area contributed by atoms with Crippen LogP contribution in [0.4, 0.5) is 4.39 Å². The van der Waals surface area contributed by atoms with Gasteiger partial charge in [0.1, 0.15) is 5.82 Å². The Morgan fingerprint density at radius 3 is 2.94 bits per heavy atom. The number of nitrogens with one attached hydrogen (secondary N) is 1. The van der Waals surface area contributed by atoms with E-state index in [1.54, 1.807) is 12.1 Å². The molecular weight excluding hydrogens is 219 g/mol. The van der Waals surface area contributed by atoms with Gasteiger partial charge < -0.3 is 5.32 Å². The van der Waals surface area contributed by atoms with Crippen LogP contribution in [-0.2, 0) is 10.2 Å². The number of hydrogen-bond acceptors (Lipinski definition) is 2. The number of nitrogens with zero attached hydrogens (tertiary/aromatic N) is 1. The summed E-state index contributed by atoms with van der Waals surface area (Å²) >= 11 is 0. The Morgan fingerprint density at radius 2 is 2.24 bits per heavy atom. The third-order valence-corrected chi connectivity index (χ3v) is 3.24. The highest BCUT2D eigenvalue weighted by atomic mass is 19.1. The molecule has 1 amide bonds. The monoisotopic (exact) mass is 232 g/mol. The van der Waals surface area contributed by atoms with E-state index in [2.05, 4.69) is 11.4 Å². The van der Waals surface area contributed by atoms with Gasteiger partial charge in [-0.2, -0.15) is 5.26 Å². The first-order chi connectivity index (χ1) is 8.16. The number of carbonyl (C=O) groups excluding carboxylic acids is 1. The highest BCUT2D eigenvalue weighted by Gasteiger charge is 2.34. The Balaban J connectivity index is 2.37. The fourth-order valence-corrected chi connectivity index (χ4v) is 2.21. The van der Waals surface area contributed by atoms with Crippen LogP contribution in [0.25, 0.3) is 0 Å². The molecule has 88 valence electrons. The van der Waals surface area contributed by atoms with E-state index in [1.165, 1.54) is 12.1 Å². The van der Waals surface area contributed by atoms with Crippen LogP contribution in [0, 0.1) is 17.1 Å². The SMILES string of the molecule is N#CC1(c2cccc(F)c2)CCNC(=O)CC1. The molecule has 1 saturated heterocycles. The van der Waals surface area contributed by atoms with Gasteiger partial charge in [0.05, 0.1) is 11.5 Å². The number of halogens is 1. The molecule has 1 N–H and O–H groups in total. The van der Waals surface area contributed by atoms with Gasteiger partial charge in [-0.1, -0.05) is 12.1 Å². The van der Waals surface area contributed by atoms with Crippen molar-refractivity contribution in [2.45, 2.75) is 24.7 Å². The third kappa shape index (κ3) is 2.28. The number of nitriles is 1. The molecule has 0 radical (unpaired) electrons. The largest absolute Gasteiger partial charge is 0.356 e. The van der Waals surface area contributed by atoms with Gasteiger partial charge in [-0.25, -0.2) is 4.39 Å². The molecule has 17 heavy (non-hydrogen) atoms. The summed E-state index contributed by atoms with van der Waals surface area (Å²) < 4.78 is 13.2. The maximum absolute atomic E-state index is 13.2. The minimum absolute atomic E-state index is 0.0430. The van der Waals surface area contributed by atoms with E-state index in [0.717, 1.165) is 0 Å². The van der Waals surface area contributed by atoms with E-state index >= 15 is 0 Å². The first-order valence-corrected chi connectivity index (χ1v) is 5.60.